The van der Waals surface area contributed by atoms with Crippen LogP contribution in [-0.2, 0) is 6.18 Å². The molecule has 2 N–H and O–H groups in total. The molecule has 0 aliphatic heterocycles. The van der Waals surface area contributed by atoms with E-state index in [0.29, 0.717) is 18.2 Å². The fourth-order valence-electron chi connectivity index (χ4n) is 1.86. The molecule has 5 heteroatoms. The van der Waals surface area contributed by atoms with Crippen LogP contribution in [0.15, 0.2) is 18.2 Å². The number of rotatable bonds is 4. The number of alkyl halides is 3. The van der Waals surface area contributed by atoms with Gasteiger partial charge < -0.3 is 10.6 Å². The van der Waals surface area contributed by atoms with Gasteiger partial charge in [-0.3, -0.25) is 0 Å². The summed E-state index contributed by atoms with van der Waals surface area (Å²) < 4.78 is 37.6. The second kappa shape index (κ2) is 5.50. The fourth-order valence-corrected chi connectivity index (χ4v) is 1.86. The van der Waals surface area contributed by atoms with Crippen molar-refractivity contribution in [2.75, 3.05) is 23.7 Å². The first-order chi connectivity index (χ1) is 8.25. The van der Waals surface area contributed by atoms with Gasteiger partial charge in [-0.1, -0.05) is 13.8 Å². The maximum absolute atomic E-state index is 12.5. The van der Waals surface area contributed by atoms with Crippen LogP contribution >= 0.6 is 0 Å². The molecule has 0 atom stereocenters. The quantitative estimate of drug-likeness (QED) is 0.835. The van der Waals surface area contributed by atoms with Crippen molar-refractivity contribution in [3.8, 4) is 0 Å². The molecule has 102 valence electrons. The minimum absolute atomic E-state index is 0.173. The summed E-state index contributed by atoms with van der Waals surface area (Å²) in [4.78, 5) is 1.99. The highest BCUT2D eigenvalue weighted by Crippen LogP contribution is 2.34. The molecule has 18 heavy (non-hydrogen) atoms. The van der Waals surface area contributed by atoms with E-state index in [4.69, 9.17) is 5.73 Å². The van der Waals surface area contributed by atoms with Gasteiger partial charge in [0, 0.05) is 13.1 Å². The van der Waals surface area contributed by atoms with Crippen LogP contribution in [0, 0.1) is 5.92 Å². The van der Waals surface area contributed by atoms with Gasteiger partial charge in [-0.15, -0.1) is 0 Å². The van der Waals surface area contributed by atoms with Crippen molar-refractivity contribution < 1.29 is 13.2 Å². The molecular weight excluding hydrogens is 241 g/mol. The van der Waals surface area contributed by atoms with E-state index in [0.717, 1.165) is 18.7 Å². The topological polar surface area (TPSA) is 29.3 Å². The average molecular weight is 260 g/mol. The van der Waals surface area contributed by atoms with E-state index in [1.807, 2.05) is 11.8 Å². The minimum atomic E-state index is -4.35. The molecular formula is C13H19F3N2. The number of nitrogens with two attached hydrogens (primary N) is 1. The van der Waals surface area contributed by atoms with Crippen LogP contribution in [-0.4, -0.2) is 13.1 Å². The summed E-state index contributed by atoms with van der Waals surface area (Å²) in [5.74, 6) is 0.423. The molecule has 0 saturated carbocycles. The van der Waals surface area contributed by atoms with Crippen molar-refractivity contribution in [1.29, 1.82) is 0 Å². The largest absolute Gasteiger partial charge is 0.416 e. The number of benzene rings is 1. The third-order valence-electron chi connectivity index (χ3n) is 2.66. The summed E-state index contributed by atoms with van der Waals surface area (Å²) in [5.41, 5.74) is 5.86. The first-order valence-corrected chi connectivity index (χ1v) is 5.97. The van der Waals surface area contributed by atoms with Gasteiger partial charge in [-0.25, -0.2) is 0 Å². The molecule has 0 unspecified atom stereocenters. The third kappa shape index (κ3) is 3.55. The zero-order valence-corrected chi connectivity index (χ0v) is 10.9. The summed E-state index contributed by atoms with van der Waals surface area (Å²) in [6.45, 7) is 7.56. The maximum Gasteiger partial charge on any atom is 0.416 e. The zero-order chi connectivity index (χ0) is 13.9. The Hall–Kier alpha value is -1.39. The smallest absolute Gasteiger partial charge is 0.397 e. The molecule has 0 fully saturated rings. The summed E-state index contributed by atoms with van der Waals surface area (Å²) in [6, 6.07) is 3.52. The second-order valence-electron chi connectivity index (χ2n) is 4.70. The Balaban J connectivity index is 3.04. The van der Waals surface area contributed by atoms with Gasteiger partial charge in [0.05, 0.1) is 16.9 Å². The van der Waals surface area contributed by atoms with Crippen molar-refractivity contribution in [3.63, 3.8) is 0 Å². The molecule has 1 aromatic carbocycles. The molecule has 0 heterocycles. The number of hydrogen-bond donors (Lipinski definition) is 1. The van der Waals surface area contributed by atoms with E-state index in [1.165, 1.54) is 6.07 Å². The monoisotopic (exact) mass is 260 g/mol. The lowest BCUT2D eigenvalue weighted by atomic mass is 10.1. The van der Waals surface area contributed by atoms with E-state index in [9.17, 15) is 13.2 Å². The van der Waals surface area contributed by atoms with Gasteiger partial charge in [-0.2, -0.15) is 13.2 Å². The minimum Gasteiger partial charge on any atom is -0.397 e. The van der Waals surface area contributed by atoms with Gasteiger partial charge in [0.25, 0.3) is 0 Å². The number of halogens is 3. The van der Waals surface area contributed by atoms with Gasteiger partial charge in [0.1, 0.15) is 0 Å². The number of nitrogen functional groups attached to an aromatic ring is 1. The van der Waals surface area contributed by atoms with Crippen molar-refractivity contribution in [1.82, 2.24) is 0 Å². The summed E-state index contributed by atoms with van der Waals surface area (Å²) >= 11 is 0. The zero-order valence-electron chi connectivity index (χ0n) is 10.9. The van der Waals surface area contributed by atoms with Gasteiger partial charge in [0.2, 0.25) is 0 Å². The highest BCUT2D eigenvalue weighted by atomic mass is 19.4. The van der Waals surface area contributed by atoms with Gasteiger partial charge in [-0.05, 0) is 31.0 Å². The summed E-state index contributed by atoms with van der Waals surface area (Å²) in [6.07, 6.45) is -4.35. The molecule has 0 spiro atoms. The Morgan fingerprint density at radius 3 is 2.28 bits per heavy atom. The van der Waals surface area contributed by atoms with Gasteiger partial charge >= 0.3 is 6.18 Å². The SMILES string of the molecule is CCN(CC(C)C)c1ccc(C(F)(F)F)cc1N. The van der Waals surface area contributed by atoms with Crippen LogP contribution in [0.25, 0.3) is 0 Å². The third-order valence-corrected chi connectivity index (χ3v) is 2.66. The first-order valence-electron chi connectivity index (χ1n) is 5.97. The number of nitrogens with zero attached hydrogens (tertiary/aromatic N) is 1. The van der Waals surface area contributed by atoms with Crippen molar-refractivity contribution >= 4 is 11.4 Å². The Labute approximate surface area is 106 Å². The molecule has 0 radical (unpaired) electrons. The Morgan fingerprint density at radius 2 is 1.89 bits per heavy atom. The number of anilines is 2. The van der Waals surface area contributed by atoms with E-state index in [1.54, 1.807) is 0 Å². The molecule has 0 amide bonds. The summed E-state index contributed by atoms with van der Waals surface area (Å²) in [7, 11) is 0. The van der Waals surface area contributed by atoms with Crippen LogP contribution in [0.3, 0.4) is 0 Å². The average Bonchev–Trinajstić information content (AvgIpc) is 2.24. The Morgan fingerprint density at radius 1 is 1.28 bits per heavy atom. The lowest BCUT2D eigenvalue weighted by Crippen LogP contribution is -2.28. The van der Waals surface area contributed by atoms with Crippen LogP contribution < -0.4 is 10.6 Å². The summed E-state index contributed by atoms with van der Waals surface area (Å²) in [5, 5.41) is 0. The standard InChI is InChI=1S/C13H19F3N2/c1-4-18(8-9(2)3)12-6-5-10(7-11(12)17)13(14,15)16/h5-7,9H,4,8,17H2,1-3H3. The molecule has 0 aliphatic rings. The lowest BCUT2D eigenvalue weighted by molar-refractivity contribution is -0.137. The Bertz CT molecular complexity index is 400. The van der Waals surface area contributed by atoms with Crippen molar-refractivity contribution in [2.24, 2.45) is 5.92 Å². The maximum atomic E-state index is 12.5. The molecule has 0 aromatic heterocycles. The fraction of sp³-hybridized carbons (Fsp3) is 0.538. The van der Waals surface area contributed by atoms with Crippen molar-refractivity contribution in [3.05, 3.63) is 23.8 Å². The van der Waals surface area contributed by atoms with Crippen LogP contribution in [0.5, 0.6) is 0 Å². The first kappa shape index (κ1) is 14.7. The molecule has 0 saturated heterocycles. The molecule has 0 bridgehead atoms. The van der Waals surface area contributed by atoms with E-state index in [-0.39, 0.29) is 5.69 Å². The highest BCUT2D eigenvalue weighted by Gasteiger charge is 2.31. The van der Waals surface area contributed by atoms with Crippen LogP contribution in [0.2, 0.25) is 0 Å². The van der Waals surface area contributed by atoms with Crippen molar-refractivity contribution in [2.45, 2.75) is 26.9 Å². The molecule has 1 aromatic rings. The second-order valence-corrected chi connectivity index (χ2v) is 4.70. The van der Waals surface area contributed by atoms with Crippen LogP contribution in [0.1, 0.15) is 26.3 Å². The molecule has 0 aliphatic carbocycles. The Kier molecular flexibility index (Phi) is 4.48. The van der Waals surface area contributed by atoms with Crippen LogP contribution in [0.4, 0.5) is 24.5 Å². The normalized spacial score (nSPS) is 11.9. The van der Waals surface area contributed by atoms with Gasteiger partial charge in [0.15, 0.2) is 0 Å². The molecule has 2 nitrogen and oxygen atoms in total. The van der Waals surface area contributed by atoms with E-state index >= 15 is 0 Å². The lowest BCUT2D eigenvalue weighted by Gasteiger charge is -2.27. The molecule has 1 rings (SSSR count). The predicted octanol–water partition coefficient (Wildman–Crippen LogP) is 3.77. The van der Waals surface area contributed by atoms with E-state index in [2.05, 4.69) is 13.8 Å². The van der Waals surface area contributed by atoms with E-state index < -0.39 is 11.7 Å². The highest BCUT2D eigenvalue weighted by molar-refractivity contribution is 5.68. The predicted molar refractivity (Wildman–Crippen MR) is 68.6 cm³/mol. The number of hydrogen-bond acceptors (Lipinski definition) is 2.